The van der Waals surface area contributed by atoms with Gasteiger partial charge in [0.05, 0.1) is 10.9 Å². The van der Waals surface area contributed by atoms with E-state index in [1.54, 1.807) is 0 Å². The molecule has 1 aliphatic rings. The second-order valence-electron chi connectivity index (χ2n) is 4.46. The number of alkyl halides is 4. The van der Waals surface area contributed by atoms with Gasteiger partial charge in [-0.2, -0.15) is 13.2 Å². The number of hydrogen-bond acceptors (Lipinski definition) is 2. The van der Waals surface area contributed by atoms with Crippen LogP contribution in [0.1, 0.15) is 35.3 Å². The molecule has 0 bridgehead atoms. The summed E-state index contributed by atoms with van der Waals surface area (Å²) in [4.78, 5) is 15.3. The number of amides is 1. The molecule has 1 amide bonds. The van der Waals surface area contributed by atoms with Gasteiger partial charge in [0, 0.05) is 12.2 Å². The summed E-state index contributed by atoms with van der Waals surface area (Å²) in [6.45, 7) is 0. The van der Waals surface area contributed by atoms with Crippen LogP contribution in [-0.4, -0.2) is 22.3 Å². The summed E-state index contributed by atoms with van der Waals surface area (Å²) in [5.41, 5.74) is -0.913. The monoisotopic (exact) mass is 292 g/mol. The molecule has 0 radical (unpaired) electrons. The molecule has 19 heavy (non-hydrogen) atoms. The number of nitrogens with zero attached hydrogens (tertiary/aromatic N) is 1. The lowest BCUT2D eigenvalue weighted by molar-refractivity contribution is -0.137. The molecule has 0 spiro atoms. The van der Waals surface area contributed by atoms with Crippen molar-refractivity contribution >= 4 is 17.5 Å². The largest absolute Gasteiger partial charge is 0.417 e. The maximum Gasteiger partial charge on any atom is 0.417 e. The lowest BCUT2D eigenvalue weighted by Crippen LogP contribution is -2.38. The van der Waals surface area contributed by atoms with Gasteiger partial charge in [0.2, 0.25) is 0 Å². The molecule has 0 saturated heterocycles. The van der Waals surface area contributed by atoms with E-state index in [1.807, 2.05) is 0 Å². The van der Waals surface area contributed by atoms with Gasteiger partial charge in [-0.1, -0.05) is 0 Å². The van der Waals surface area contributed by atoms with Crippen molar-refractivity contribution < 1.29 is 18.0 Å². The first-order chi connectivity index (χ1) is 8.88. The van der Waals surface area contributed by atoms with Gasteiger partial charge in [-0.25, -0.2) is 0 Å². The van der Waals surface area contributed by atoms with Crippen LogP contribution in [0.5, 0.6) is 0 Å². The second-order valence-corrected chi connectivity index (χ2v) is 5.02. The maximum absolute atomic E-state index is 12.3. The van der Waals surface area contributed by atoms with Gasteiger partial charge in [-0.05, 0) is 31.4 Å². The number of nitrogens with one attached hydrogen (secondary N) is 1. The molecule has 3 nitrogen and oxygen atoms in total. The molecular formula is C12H12ClF3N2O. The minimum Gasteiger partial charge on any atom is -0.346 e. The highest BCUT2D eigenvalue weighted by atomic mass is 35.5. The van der Waals surface area contributed by atoms with Gasteiger partial charge in [0.15, 0.2) is 0 Å². The number of pyridine rings is 1. The number of carbonyl (C=O) groups excluding carboxylic acids is 1. The zero-order valence-electron chi connectivity index (χ0n) is 9.88. The van der Waals surface area contributed by atoms with Gasteiger partial charge in [-0.15, -0.1) is 11.6 Å². The Morgan fingerprint density at radius 1 is 1.37 bits per heavy atom. The van der Waals surface area contributed by atoms with Crippen LogP contribution in [0.4, 0.5) is 13.2 Å². The molecule has 2 rings (SSSR count). The van der Waals surface area contributed by atoms with Crippen molar-refractivity contribution in [1.82, 2.24) is 10.3 Å². The first-order valence-electron chi connectivity index (χ1n) is 5.86. The van der Waals surface area contributed by atoms with Gasteiger partial charge < -0.3 is 5.32 Å². The fraction of sp³-hybridized carbons (Fsp3) is 0.500. The zero-order valence-corrected chi connectivity index (χ0v) is 10.6. The van der Waals surface area contributed by atoms with Crippen LogP contribution in [0, 0.1) is 0 Å². The smallest absolute Gasteiger partial charge is 0.346 e. The van der Waals surface area contributed by atoms with Gasteiger partial charge in [-0.3, -0.25) is 9.78 Å². The van der Waals surface area contributed by atoms with Crippen molar-refractivity contribution in [2.24, 2.45) is 0 Å². The predicted molar refractivity (Wildman–Crippen MR) is 64.0 cm³/mol. The van der Waals surface area contributed by atoms with E-state index in [2.05, 4.69) is 10.3 Å². The Hall–Kier alpha value is -1.30. The molecule has 1 saturated carbocycles. The second kappa shape index (κ2) is 5.36. The topological polar surface area (TPSA) is 42.0 Å². The SMILES string of the molecule is O=C(NC1CCCC1Cl)c1ccc(C(F)(F)F)cn1. The summed E-state index contributed by atoms with van der Waals surface area (Å²) in [6.07, 6.45) is -1.26. The van der Waals surface area contributed by atoms with Crippen molar-refractivity contribution in [2.45, 2.75) is 36.9 Å². The van der Waals surface area contributed by atoms with E-state index >= 15 is 0 Å². The minimum atomic E-state index is -4.45. The van der Waals surface area contributed by atoms with Crippen LogP contribution in [0.2, 0.25) is 0 Å². The number of aromatic nitrogens is 1. The summed E-state index contributed by atoms with van der Waals surface area (Å²) in [5.74, 6) is -0.494. The Labute approximate surface area is 113 Å². The van der Waals surface area contributed by atoms with Crippen molar-refractivity contribution in [1.29, 1.82) is 0 Å². The quantitative estimate of drug-likeness (QED) is 0.852. The molecule has 0 aromatic carbocycles. The van der Waals surface area contributed by atoms with Crippen molar-refractivity contribution in [2.75, 3.05) is 0 Å². The zero-order chi connectivity index (χ0) is 14.0. The van der Waals surface area contributed by atoms with Crippen LogP contribution in [0.15, 0.2) is 18.3 Å². The summed E-state index contributed by atoms with van der Waals surface area (Å²) in [7, 11) is 0. The molecule has 1 heterocycles. The van der Waals surface area contributed by atoms with Crippen molar-refractivity contribution in [3.63, 3.8) is 0 Å². The van der Waals surface area contributed by atoms with E-state index < -0.39 is 17.6 Å². The van der Waals surface area contributed by atoms with Gasteiger partial charge in [0.25, 0.3) is 5.91 Å². The molecule has 1 aromatic rings. The van der Waals surface area contributed by atoms with Gasteiger partial charge >= 0.3 is 6.18 Å². The molecule has 1 aliphatic carbocycles. The fourth-order valence-electron chi connectivity index (χ4n) is 2.02. The number of carbonyl (C=O) groups is 1. The first-order valence-corrected chi connectivity index (χ1v) is 6.30. The lowest BCUT2D eigenvalue weighted by Gasteiger charge is -2.15. The van der Waals surface area contributed by atoms with Gasteiger partial charge in [0.1, 0.15) is 5.69 Å². The predicted octanol–water partition coefficient (Wildman–Crippen LogP) is 2.99. The van der Waals surface area contributed by atoms with Crippen LogP contribution < -0.4 is 5.32 Å². The Balaban J connectivity index is 2.03. The third-order valence-electron chi connectivity index (χ3n) is 3.07. The molecule has 104 valence electrons. The summed E-state index contributed by atoms with van der Waals surface area (Å²) in [6, 6.07) is 1.77. The standard InChI is InChI=1S/C12H12ClF3N2O/c13-8-2-1-3-9(8)18-11(19)10-5-4-7(6-17-10)12(14,15)16/h4-6,8-9H,1-3H2,(H,18,19). The van der Waals surface area contributed by atoms with Crippen molar-refractivity contribution in [3.8, 4) is 0 Å². The lowest BCUT2D eigenvalue weighted by atomic mass is 10.2. The third-order valence-corrected chi connectivity index (χ3v) is 3.59. The first kappa shape index (κ1) is 14.1. The van der Waals surface area contributed by atoms with E-state index in [-0.39, 0.29) is 17.1 Å². The number of hydrogen-bond donors (Lipinski definition) is 1. The Kier molecular flexibility index (Phi) is 3.99. The number of rotatable bonds is 2. The van der Waals surface area contributed by atoms with Crippen LogP contribution in [-0.2, 0) is 6.18 Å². The van der Waals surface area contributed by atoms with Crippen LogP contribution in [0.25, 0.3) is 0 Å². The summed E-state index contributed by atoms with van der Waals surface area (Å²) < 4.78 is 37.0. The summed E-state index contributed by atoms with van der Waals surface area (Å²) in [5, 5.41) is 2.56. The molecule has 2 atom stereocenters. The Morgan fingerprint density at radius 2 is 2.11 bits per heavy atom. The van der Waals surface area contributed by atoms with E-state index in [4.69, 9.17) is 11.6 Å². The normalized spacial score (nSPS) is 23.4. The van der Waals surface area contributed by atoms with Crippen molar-refractivity contribution in [3.05, 3.63) is 29.6 Å². The molecule has 0 aliphatic heterocycles. The molecule has 1 N–H and O–H groups in total. The molecule has 2 unspecified atom stereocenters. The summed E-state index contributed by atoms with van der Waals surface area (Å²) >= 11 is 6.01. The highest BCUT2D eigenvalue weighted by Gasteiger charge is 2.31. The molecule has 1 fully saturated rings. The van der Waals surface area contributed by atoms with E-state index in [0.717, 1.165) is 31.4 Å². The van der Waals surface area contributed by atoms with E-state index in [1.165, 1.54) is 0 Å². The Morgan fingerprint density at radius 3 is 2.58 bits per heavy atom. The van der Waals surface area contributed by atoms with E-state index in [9.17, 15) is 18.0 Å². The average molecular weight is 293 g/mol. The Bertz CT molecular complexity index is 461. The van der Waals surface area contributed by atoms with Crippen LogP contribution >= 0.6 is 11.6 Å². The highest BCUT2D eigenvalue weighted by Crippen LogP contribution is 2.28. The maximum atomic E-state index is 12.3. The molecule has 7 heteroatoms. The third kappa shape index (κ3) is 3.37. The molecular weight excluding hydrogens is 281 g/mol. The molecule has 1 aromatic heterocycles. The van der Waals surface area contributed by atoms with E-state index in [0.29, 0.717) is 6.20 Å². The highest BCUT2D eigenvalue weighted by molar-refractivity contribution is 6.21. The average Bonchev–Trinajstić information content (AvgIpc) is 2.74. The minimum absolute atomic E-state index is 0.0382. The van der Waals surface area contributed by atoms with Crippen LogP contribution in [0.3, 0.4) is 0 Å². The fourth-order valence-corrected chi connectivity index (χ4v) is 2.36. The number of halogens is 4.